The molecule has 0 radical (unpaired) electrons. The number of nitrogens with zero attached hydrogens (tertiary/aromatic N) is 7. The third-order valence-electron chi connectivity index (χ3n) is 12.4. The van der Waals surface area contributed by atoms with Gasteiger partial charge in [-0.1, -0.05) is 6.07 Å². The maximum absolute atomic E-state index is 13.5. The molecule has 3 aromatic heterocycles. The summed E-state index contributed by atoms with van der Waals surface area (Å²) in [5.74, 6) is 1.64. The fourth-order valence-electron chi connectivity index (χ4n) is 9.15. The van der Waals surface area contributed by atoms with E-state index >= 15 is 0 Å². The van der Waals surface area contributed by atoms with Gasteiger partial charge in [-0.3, -0.25) is 33.7 Å². The van der Waals surface area contributed by atoms with E-state index in [1.807, 2.05) is 24.4 Å². The SMILES string of the molecule is COc1cc(-c2cn(C)c(=O)c3cnc(N4CCC4)cc23)cc(OC)c1CN1CCC2(CC1)CN(c1cccc3c1n(C)c(=O)n3C1CCC(=O)NC1=O)C2. The summed E-state index contributed by atoms with van der Waals surface area (Å²) in [5.41, 5.74) is 5.17. The Balaban J connectivity index is 0.926. The molecule has 4 aliphatic heterocycles. The number of piperidine rings is 2. The molecule has 1 spiro atoms. The Hall–Kier alpha value is -5.63. The molecule has 5 aromatic rings. The topological polar surface area (TPSA) is 136 Å². The molecule has 14 heteroatoms. The van der Waals surface area contributed by atoms with E-state index in [0.717, 1.165) is 109 Å². The largest absolute Gasteiger partial charge is 0.496 e. The monoisotopic (exact) mass is 746 g/mol. The molecule has 9 rings (SSSR count). The Morgan fingerprint density at radius 3 is 2.29 bits per heavy atom. The quantitative estimate of drug-likeness (QED) is 0.235. The van der Waals surface area contributed by atoms with Gasteiger partial charge in [0.2, 0.25) is 11.8 Å². The van der Waals surface area contributed by atoms with Gasteiger partial charge in [-0.05, 0) is 74.7 Å². The van der Waals surface area contributed by atoms with E-state index in [-0.39, 0.29) is 29.0 Å². The fourth-order valence-corrected chi connectivity index (χ4v) is 9.15. The standard InChI is InChI=1S/C41H46N8O6/c1-44-21-28(26-19-35(47-13-6-14-47)42-20-27(26)39(44)52)25-17-33(54-3)29(34(18-25)55-4)22-46-15-11-41(12-16-46)23-48(24-41)30-7-5-8-31-37(30)45(2)40(53)49(31)32-9-10-36(50)43-38(32)51/h5,7-8,17-21,32H,6,9-16,22-24H2,1-4H3,(H,43,50,51). The maximum Gasteiger partial charge on any atom is 0.329 e. The van der Waals surface area contributed by atoms with Crippen molar-refractivity contribution in [1.29, 1.82) is 0 Å². The van der Waals surface area contributed by atoms with E-state index in [1.54, 1.807) is 48.2 Å². The minimum atomic E-state index is -0.709. The summed E-state index contributed by atoms with van der Waals surface area (Å²) in [7, 11) is 6.91. The Labute approximate surface area is 317 Å². The normalized spacial score (nSPS) is 19.8. The van der Waals surface area contributed by atoms with Crippen molar-refractivity contribution >= 4 is 45.1 Å². The molecule has 1 unspecified atom stereocenters. The minimum Gasteiger partial charge on any atom is -0.496 e. The van der Waals surface area contributed by atoms with Crippen LogP contribution in [0.1, 0.15) is 43.7 Å². The lowest BCUT2D eigenvalue weighted by atomic mass is 9.71. The first-order chi connectivity index (χ1) is 26.6. The number of carbonyl (C=O) groups excluding carboxylic acids is 2. The average Bonchev–Trinajstić information content (AvgIpc) is 3.40. The van der Waals surface area contributed by atoms with Crippen molar-refractivity contribution in [2.45, 2.75) is 44.7 Å². The van der Waals surface area contributed by atoms with E-state index in [1.165, 1.54) is 0 Å². The first-order valence-electron chi connectivity index (χ1n) is 19.1. The lowest BCUT2D eigenvalue weighted by molar-refractivity contribution is -0.135. The van der Waals surface area contributed by atoms with Crippen LogP contribution in [0.3, 0.4) is 0 Å². The lowest BCUT2D eigenvalue weighted by Crippen LogP contribution is -2.60. The summed E-state index contributed by atoms with van der Waals surface area (Å²) >= 11 is 0. The van der Waals surface area contributed by atoms with Gasteiger partial charge in [0.25, 0.3) is 5.56 Å². The molecule has 4 aliphatic rings. The summed E-state index contributed by atoms with van der Waals surface area (Å²) < 4.78 is 16.8. The molecule has 2 aromatic carbocycles. The fraction of sp³-hybridized carbons (Fsp3) is 0.439. The zero-order valence-corrected chi connectivity index (χ0v) is 31.8. The number of carbonyl (C=O) groups is 2. The number of rotatable bonds is 8. The molecule has 286 valence electrons. The number of methoxy groups -OCH3 is 2. The van der Waals surface area contributed by atoms with Crippen molar-refractivity contribution in [3.8, 4) is 22.6 Å². The maximum atomic E-state index is 13.5. The van der Waals surface area contributed by atoms with Crippen LogP contribution in [0, 0.1) is 5.41 Å². The van der Waals surface area contributed by atoms with Gasteiger partial charge in [0.1, 0.15) is 23.4 Å². The summed E-state index contributed by atoms with van der Waals surface area (Å²) in [6, 6.07) is 11.3. The number of aromatic nitrogens is 4. The average molecular weight is 747 g/mol. The number of anilines is 2. The second-order valence-corrected chi connectivity index (χ2v) is 15.7. The van der Waals surface area contributed by atoms with Crippen LogP contribution in [0.15, 0.2) is 58.4 Å². The van der Waals surface area contributed by atoms with Gasteiger partial charge in [0.15, 0.2) is 0 Å². The number of hydrogen-bond acceptors (Lipinski definition) is 10. The summed E-state index contributed by atoms with van der Waals surface area (Å²) in [4.78, 5) is 62.8. The van der Waals surface area contributed by atoms with Gasteiger partial charge < -0.3 is 23.8 Å². The summed E-state index contributed by atoms with van der Waals surface area (Å²) in [6.45, 7) is 6.24. The Morgan fingerprint density at radius 1 is 0.909 bits per heavy atom. The Bertz CT molecular complexity index is 2470. The van der Waals surface area contributed by atoms with Crippen LogP contribution in [0.4, 0.5) is 11.5 Å². The van der Waals surface area contributed by atoms with E-state index in [2.05, 4.69) is 43.2 Å². The number of amides is 2. The molecule has 14 nitrogen and oxygen atoms in total. The number of aryl methyl sites for hydroxylation is 2. The Morgan fingerprint density at radius 2 is 1.64 bits per heavy atom. The second-order valence-electron chi connectivity index (χ2n) is 15.7. The van der Waals surface area contributed by atoms with Crippen LogP contribution in [-0.2, 0) is 30.2 Å². The zero-order valence-electron chi connectivity index (χ0n) is 31.8. The van der Waals surface area contributed by atoms with E-state index < -0.39 is 11.9 Å². The predicted octanol–water partition coefficient (Wildman–Crippen LogP) is 3.56. The molecule has 7 heterocycles. The van der Waals surface area contributed by atoms with E-state index in [0.29, 0.717) is 23.9 Å². The van der Waals surface area contributed by atoms with Gasteiger partial charge in [-0.15, -0.1) is 0 Å². The first-order valence-corrected chi connectivity index (χ1v) is 19.1. The minimum absolute atomic E-state index is 0.0825. The molecule has 0 saturated carbocycles. The first kappa shape index (κ1) is 35.1. The molecule has 4 saturated heterocycles. The van der Waals surface area contributed by atoms with Crippen LogP contribution in [0.25, 0.3) is 32.9 Å². The van der Waals surface area contributed by atoms with Gasteiger partial charge in [0, 0.05) is 82.0 Å². The van der Waals surface area contributed by atoms with Crippen LogP contribution in [0.5, 0.6) is 11.5 Å². The number of nitrogens with one attached hydrogen (secondary N) is 1. The summed E-state index contributed by atoms with van der Waals surface area (Å²) in [6.07, 6.45) is 7.32. The molecule has 0 aliphatic carbocycles. The number of fused-ring (bicyclic) bond motifs is 2. The molecule has 1 atom stereocenters. The van der Waals surface area contributed by atoms with Gasteiger partial charge in [0.05, 0.1) is 41.9 Å². The van der Waals surface area contributed by atoms with Crippen LogP contribution in [0.2, 0.25) is 0 Å². The molecule has 0 bridgehead atoms. The highest BCUT2D eigenvalue weighted by Gasteiger charge is 2.46. The number of pyridine rings is 2. The highest BCUT2D eigenvalue weighted by molar-refractivity contribution is 6.01. The molecule has 2 amide bonds. The number of hydrogen-bond donors (Lipinski definition) is 1. The van der Waals surface area contributed by atoms with Gasteiger partial charge >= 0.3 is 5.69 Å². The predicted molar refractivity (Wildman–Crippen MR) is 210 cm³/mol. The number of benzene rings is 2. The van der Waals surface area contributed by atoms with Gasteiger partial charge in [-0.25, -0.2) is 9.78 Å². The molecule has 55 heavy (non-hydrogen) atoms. The second kappa shape index (κ2) is 13.3. The molecule has 4 fully saturated rings. The van der Waals surface area contributed by atoms with Crippen LogP contribution >= 0.6 is 0 Å². The van der Waals surface area contributed by atoms with Crippen molar-refractivity contribution in [2.75, 3.05) is 63.3 Å². The number of likely N-dealkylation sites (tertiary alicyclic amines) is 1. The highest BCUT2D eigenvalue weighted by Crippen LogP contribution is 2.46. The van der Waals surface area contributed by atoms with Gasteiger partial charge in [-0.2, -0.15) is 0 Å². The number of ether oxygens (including phenoxy) is 2. The Kier molecular flexibility index (Phi) is 8.48. The number of para-hydroxylation sites is 1. The summed E-state index contributed by atoms with van der Waals surface area (Å²) in [5, 5.41) is 3.83. The lowest BCUT2D eigenvalue weighted by Gasteiger charge is -2.55. The number of imide groups is 1. The third-order valence-corrected chi connectivity index (χ3v) is 12.4. The van der Waals surface area contributed by atoms with Crippen molar-refractivity contribution in [1.82, 2.24) is 28.9 Å². The van der Waals surface area contributed by atoms with Crippen molar-refractivity contribution in [2.24, 2.45) is 19.5 Å². The molecular formula is C41H46N8O6. The van der Waals surface area contributed by atoms with Crippen LogP contribution in [-0.4, -0.2) is 88.9 Å². The molecular weight excluding hydrogens is 701 g/mol. The van der Waals surface area contributed by atoms with E-state index in [9.17, 15) is 19.2 Å². The number of imidazole rings is 1. The highest BCUT2D eigenvalue weighted by atomic mass is 16.5. The third kappa shape index (κ3) is 5.76. The van der Waals surface area contributed by atoms with Crippen molar-refractivity contribution in [3.05, 3.63) is 75.2 Å². The zero-order chi connectivity index (χ0) is 38.2. The smallest absolute Gasteiger partial charge is 0.329 e. The molecule has 1 N–H and O–H groups in total. The van der Waals surface area contributed by atoms with Crippen LogP contribution < -0.4 is 35.8 Å². The van der Waals surface area contributed by atoms with Crippen molar-refractivity contribution < 1.29 is 19.1 Å². The van der Waals surface area contributed by atoms with Crippen molar-refractivity contribution in [3.63, 3.8) is 0 Å². The van der Waals surface area contributed by atoms with E-state index in [4.69, 9.17) is 9.47 Å².